The molecule has 1 heterocycles. The maximum atomic E-state index is 12.6. The van der Waals surface area contributed by atoms with Crippen molar-refractivity contribution >= 4 is 33.2 Å². The Morgan fingerprint density at radius 1 is 1.12 bits per heavy atom. The molecule has 0 spiro atoms. The average molecular weight is 385 g/mol. The van der Waals surface area contributed by atoms with Crippen LogP contribution in [0.1, 0.15) is 18.1 Å². The lowest BCUT2D eigenvalue weighted by molar-refractivity contribution is -0.117. The molecule has 3 rings (SSSR count). The Hall–Kier alpha value is -2.24. The maximum Gasteiger partial charge on any atom is 0.245 e. The molecule has 0 aliphatic carbocycles. The Morgan fingerprint density at radius 2 is 1.75 bits per heavy atom. The second-order valence-electron chi connectivity index (χ2n) is 5.61. The molecule has 1 aliphatic rings. The van der Waals surface area contributed by atoms with E-state index < -0.39 is 10.4 Å². The van der Waals surface area contributed by atoms with Crippen LogP contribution in [0.25, 0.3) is 0 Å². The van der Waals surface area contributed by atoms with Crippen LogP contribution in [0.4, 0.5) is 5.69 Å². The first-order valence-corrected chi connectivity index (χ1v) is 8.40. The zero-order chi connectivity index (χ0) is 17.0. The Balaban J connectivity index is 1.75. The number of aliphatic hydroxyl groups excluding tert-OH is 1. The molecule has 1 aliphatic heterocycles. The van der Waals surface area contributed by atoms with Crippen molar-refractivity contribution in [3.05, 3.63) is 78.5 Å². The van der Waals surface area contributed by atoms with Gasteiger partial charge in [0.1, 0.15) is 10.4 Å². The second kappa shape index (κ2) is 7.11. The van der Waals surface area contributed by atoms with Crippen LogP contribution in [-0.2, 0) is 4.79 Å². The third-order valence-corrected chi connectivity index (χ3v) is 4.76. The van der Waals surface area contributed by atoms with E-state index >= 15 is 0 Å². The van der Waals surface area contributed by atoms with Crippen LogP contribution in [0, 0.1) is 0 Å². The summed E-state index contributed by atoms with van der Waals surface area (Å²) in [5.74, 6) is -0.197. The van der Waals surface area contributed by atoms with Gasteiger partial charge in [-0.1, -0.05) is 64.5 Å². The number of carbonyl (C=O) groups is 1. The summed E-state index contributed by atoms with van der Waals surface area (Å²) in [4.78, 5) is 16.9. The predicted octanol–water partition coefficient (Wildman–Crippen LogP) is 3.85. The molecule has 122 valence electrons. The van der Waals surface area contributed by atoms with Crippen molar-refractivity contribution < 1.29 is 9.90 Å². The zero-order valence-corrected chi connectivity index (χ0v) is 14.5. The van der Waals surface area contributed by atoms with Gasteiger partial charge < -0.3 is 10.4 Å². The summed E-state index contributed by atoms with van der Waals surface area (Å²) in [7, 11) is 0. The third-order valence-electron chi connectivity index (χ3n) is 3.86. The Labute approximate surface area is 149 Å². The quantitative estimate of drug-likeness (QED) is 0.786. The molecule has 24 heavy (non-hydrogen) atoms. The van der Waals surface area contributed by atoms with E-state index in [1.54, 1.807) is 12.3 Å². The minimum atomic E-state index is -0.935. The number of carbonyl (C=O) groups excluding carboxylic acids is 1. The molecule has 1 amide bonds. The molecule has 5 heteroatoms. The largest absolute Gasteiger partial charge is 0.382 e. The van der Waals surface area contributed by atoms with Gasteiger partial charge in [-0.25, -0.2) is 0 Å². The summed E-state index contributed by atoms with van der Waals surface area (Å²) in [5.41, 5.74) is 2.02. The second-order valence-corrected chi connectivity index (χ2v) is 7.02. The SMILES string of the molecule is O=C(Nc1ccccc1)C1(Br)C=CN=C(C(O)c2ccccc2)C1. The van der Waals surface area contributed by atoms with Crippen LogP contribution in [-0.4, -0.2) is 21.0 Å². The number of anilines is 1. The molecule has 0 saturated heterocycles. The summed E-state index contributed by atoms with van der Waals surface area (Å²) in [6.45, 7) is 0. The Bertz CT molecular complexity index is 774. The van der Waals surface area contributed by atoms with Gasteiger partial charge in [-0.15, -0.1) is 0 Å². The van der Waals surface area contributed by atoms with Crippen LogP contribution in [0.3, 0.4) is 0 Å². The van der Waals surface area contributed by atoms with Gasteiger partial charge in [0.15, 0.2) is 0 Å². The van der Waals surface area contributed by atoms with E-state index in [0.717, 1.165) is 11.3 Å². The van der Waals surface area contributed by atoms with Crippen molar-refractivity contribution in [2.45, 2.75) is 16.8 Å². The average Bonchev–Trinajstić information content (AvgIpc) is 2.63. The van der Waals surface area contributed by atoms with E-state index in [1.165, 1.54) is 0 Å². The summed E-state index contributed by atoms with van der Waals surface area (Å²) in [5, 5.41) is 13.4. The number of aliphatic imine (C=N–C) groups is 1. The lowest BCUT2D eigenvalue weighted by Gasteiger charge is -2.27. The summed E-state index contributed by atoms with van der Waals surface area (Å²) < 4.78 is -0.935. The number of para-hydroxylation sites is 1. The minimum absolute atomic E-state index is 0.197. The summed E-state index contributed by atoms with van der Waals surface area (Å²) in [6.07, 6.45) is 2.72. The van der Waals surface area contributed by atoms with Gasteiger partial charge in [0.2, 0.25) is 5.91 Å². The maximum absolute atomic E-state index is 12.6. The number of benzene rings is 2. The lowest BCUT2D eigenvalue weighted by Crippen LogP contribution is -2.39. The molecule has 2 atom stereocenters. The topological polar surface area (TPSA) is 61.7 Å². The van der Waals surface area contributed by atoms with Gasteiger partial charge in [0.25, 0.3) is 0 Å². The van der Waals surface area contributed by atoms with E-state index in [1.807, 2.05) is 60.7 Å². The molecule has 0 radical (unpaired) electrons. The van der Waals surface area contributed by atoms with Gasteiger partial charge in [0.05, 0.1) is 5.71 Å². The molecule has 4 nitrogen and oxygen atoms in total. The van der Waals surface area contributed by atoms with Gasteiger partial charge in [-0.3, -0.25) is 9.79 Å². The van der Waals surface area contributed by atoms with Crippen LogP contribution < -0.4 is 5.32 Å². The first-order valence-electron chi connectivity index (χ1n) is 7.61. The number of halogens is 1. The fourth-order valence-corrected chi connectivity index (χ4v) is 3.03. The highest BCUT2D eigenvalue weighted by molar-refractivity contribution is 9.10. The molecule has 2 aromatic carbocycles. The third kappa shape index (κ3) is 3.63. The molecule has 2 unspecified atom stereocenters. The number of hydrogen-bond donors (Lipinski definition) is 2. The van der Waals surface area contributed by atoms with Gasteiger partial charge in [-0.2, -0.15) is 0 Å². The summed E-state index contributed by atoms with van der Waals surface area (Å²) in [6, 6.07) is 18.6. The number of rotatable bonds is 4. The zero-order valence-electron chi connectivity index (χ0n) is 12.9. The normalized spacial score (nSPS) is 21.0. The van der Waals surface area contributed by atoms with Crippen molar-refractivity contribution in [3.63, 3.8) is 0 Å². The van der Waals surface area contributed by atoms with E-state index in [9.17, 15) is 9.90 Å². The molecule has 0 aromatic heterocycles. The molecule has 0 bridgehead atoms. The van der Waals surface area contributed by atoms with Crippen molar-refractivity contribution in [3.8, 4) is 0 Å². The number of aliphatic hydroxyl groups is 1. The number of alkyl halides is 1. The van der Waals surface area contributed by atoms with Gasteiger partial charge in [0, 0.05) is 18.3 Å². The molecule has 0 saturated carbocycles. The Morgan fingerprint density at radius 3 is 2.42 bits per heavy atom. The molecular weight excluding hydrogens is 368 g/mol. The van der Waals surface area contributed by atoms with E-state index in [2.05, 4.69) is 26.2 Å². The van der Waals surface area contributed by atoms with Crippen LogP contribution in [0.2, 0.25) is 0 Å². The highest BCUT2D eigenvalue weighted by atomic mass is 79.9. The smallest absolute Gasteiger partial charge is 0.245 e. The lowest BCUT2D eigenvalue weighted by atomic mass is 9.93. The highest BCUT2D eigenvalue weighted by Crippen LogP contribution is 2.33. The van der Waals surface area contributed by atoms with Crippen LogP contribution in [0.15, 0.2) is 77.9 Å². The minimum Gasteiger partial charge on any atom is -0.382 e. The van der Waals surface area contributed by atoms with Crippen molar-refractivity contribution in [2.75, 3.05) is 5.32 Å². The fourth-order valence-electron chi connectivity index (χ4n) is 2.53. The molecule has 2 aromatic rings. The van der Waals surface area contributed by atoms with Crippen molar-refractivity contribution in [1.82, 2.24) is 0 Å². The van der Waals surface area contributed by atoms with Crippen molar-refractivity contribution in [2.24, 2.45) is 4.99 Å². The first kappa shape index (κ1) is 16.6. The van der Waals surface area contributed by atoms with E-state index in [0.29, 0.717) is 5.71 Å². The van der Waals surface area contributed by atoms with Crippen LogP contribution in [0.5, 0.6) is 0 Å². The number of hydrogen-bond acceptors (Lipinski definition) is 3. The van der Waals surface area contributed by atoms with E-state index in [-0.39, 0.29) is 12.3 Å². The molecule has 2 N–H and O–H groups in total. The Kier molecular flexibility index (Phi) is 4.92. The monoisotopic (exact) mass is 384 g/mol. The molecular formula is C19H17BrN2O2. The standard InChI is InChI=1S/C19H17BrN2O2/c20-19(18(24)22-15-9-5-2-6-10-15)11-12-21-16(13-19)17(23)14-7-3-1-4-8-14/h1-12,17,23H,13H2,(H,22,24). The van der Waals surface area contributed by atoms with Gasteiger partial charge in [-0.05, 0) is 23.8 Å². The number of amides is 1. The van der Waals surface area contributed by atoms with E-state index in [4.69, 9.17) is 0 Å². The summed E-state index contributed by atoms with van der Waals surface area (Å²) >= 11 is 3.51. The van der Waals surface area contributed by atoms with Gasteiger partial charge >= 0.3 is 0 Å². The predicted molar refractivity (Wildman–Crippen MR) is 99.3 cm³/mol. The van der Waals surface area contributed by atoms with Crippen LogP contribution >= 0.6 is 15.9 Å². The number of nitrogens with one attached hydrogen (secondary N) is 1. The number of nitrogens with zero attached hydrogens (tertiary/aromatic N) is 1. The molecule has 0 fully saturated rings. The van der Waals surface area contributed by atoms with Crippen molar-refractivity contribution in [1.29, 1.82) is 0 Å². The first-order chi connectivity index (χ1) is 11.6. The fraction of sp³-hybridized carbons (Fsp3) is 0.158. The highest BCUT2D eigenvalue weighted by Gasteiger charge is 2.38.